The van der Waals surface area contributed by atoms with Crippen LogP contribution in [0.3, 0.4) is 0 Å². The van der Waals surface area contributed by atoms with Crippen molar-refractivity contribution in [2.75, 3.05) is 29.6 Å². The largest absolute Gasteiger partial charge is 0.442 e. The van der Waals surface area contributed by atoms with E-state index in [1.54, 1.807) is 20.8 Å². The lowest BCUT2D eigenvalue weighted by atomic mass is 9.97. The normalized spacial score (nSPS) is 18.8. The predicted molar refractivity (Wildman–Crippen MR) is 150 cm³/mol. The van der Waals surface area contributed by atoms with Crippen molar-refractivity contribution in [2.45, 2.75) is 88.4 Å². The SMILES string of the molecule is Cc1c(C(=O)Nc2ccnc([S@](C)(=O)=NC(=O)OC(C)(C)C)c2)c(N2CCCC(F)(F)CC2)nc(C2CC2)c1C(F)(F)F. The van der Waals surface area contributed by atoms with Crippen molar-refractivity contribution in [3.05, 3.63) is 40.7 Å². The van der Waals surface area contributed by atoms with Gasteiger partial charge in [-0.05, 0) is 64.7 Å². The minimum absolute atomic E-state index is 0.0107. The third-order valence-corrected chi connectivity index (χ3v) is 8.47. The highest BCUT2D eigenvalue weighted by Gasteiger charge is 2.44. The van der Waals surface area contributed by atoms with Crippen LogP contribution in [0.25, 0.3) is 0 Å². The molecule has 2 fully saturated rings. The average Bonchev–Trinajstić information content (AvgIpc) is 3.69. The van der Waals surface area contributed by atoms with E-state index in [4.69, 9.17) is 4.74 Å². The van der Waals surface area contributed by atoms with Crippen LogP contribution in [0.2, 0.25) is 0 Å². The fourth-order valence-corrected chi connectivity index (χ4v) is 5.87. The van der Waals surface area contributed by atoms with Crippen molar-refractivity contribution < 1.29 is 40.5 Å². The number of amides is 2. The lowest BCUT2D eigenvalue weighted by Crippen LogP contribution is -2.31. The zero-order valence-electron chi connectivity index (χ0n) is 24.5. The Labute approximate surface area is 246 Å². The van der Waals surface area contributed by atoms with Gasteiger partial charge in [0.05, 0.1) is 16.8 Å². The van der Waals surface area contributed by atoms with Gasteiger partial charge in [0.15, 0.2) is 0 Å². The first-order valence-electron chi connectivity index (χ1n) is 13.7. The van der Waals surface area contributed by atoms with Crippen molar-refractivity contribution in [1.82, 2.24) is 9.97 Å². The van der Waals surface area contributed by atoms with Gasteiger partial charge >= 0.3 is 12.3 Å². The van der Waals surface area contributed by atoms with Crippen LogP contribution in [0.1, 0.15) is 86.0 Å². The molecular formula is C28H34F5N5O4S. The predicted octanol–water partition coefficient (Wildman–Crippen LogP) is 6.95. The minimum atomic E-state index is -4.81. The number of nitrogens with zero attached hydrogens (tertiary/aromatic N) is 4. The van der Waals surface area contributed by atoms with E-state index in [9.17, 15) is 35.8 Å². The van der Waals surface area contributed by atoms with E-state index in [-0.39, 0.29) is 53.7 Å². The molecule has 2 aromatic heterocycles. The van der Waals surface area contributed by atoms with Crippen LogP contribution < -0.4 is 10.2 Å². The van der Waals surface area contributed by atoms with Crippen molar-refractivity contribution >= 4 is 33.2 Å². The third kappa shape index (κ3) is 7.98. The summed E-state index contributed by atoms with van der Waals surface area (Å²) >= 11 is 0. The van der Waals surface area contributed by atoms with Crippen LogP contribution in [0.4, 0.5) is 38.3 Å². The van der Waals surface area contributed by atoms with Gasteiger partial charge in [0.2, 0.25) is 5.92 Å². The van der Waals surface area contributed by atoms with Gasteiger partial charge in [-0.3, -0.25) is 4.79 Å². The molecule has 1 aliphatic heterocycles. The van der Waals surface area contributed by atoms with E-state index < -0.39 is 62.9 Å². The summed E-state index contributed by atoms with van der Waals surface area (Å²) in [6.07, 6.45) is -3.40. The summed E-state index contributed by atoms with van der Waals surface area (Å²) < 4.78 is 93.2. The van der Waals surface area contributed by atoms with Gasteiger partial charge in [0.25, 0.3) is 5.91 Å². The van der Waals surface area contributed by atoms with E-state index >= 15 is 0 Å². The monoisotopic (exact) mass is 631 g/mol. The summed E-state index contributed by atoms with van der Waals surface area (Å²) in [7, 11) is -3.44. The highest BCUT2D eigenvalue weighted by Crippen LogP contribution is 2.48. The second kappa shape index (κ2) is 11.6. The molecule has 9 nitrogen and oxygen atoms in total. The van der Waals surface area contributed by atoms with Gasteiger partial charge in [0, 0.05) is 50.0 Å². The summed E-state index contributed by atoms with van der Waals surface area (Å²) in [5.41, 5.74) is -2.83. The summed E-state index contributed by atoms with van der Waals surface area (Å²) in [6.45, 7) is 5.89. The van der Waals surface area contributed by atoms with Crippen LogP contribution in [-0.2, 0) is 20.6 Å². The third-order valence-electron chi connectivity index (χ3n) is 6.97. The smallest absolute Gasteiger partial charge is 0.442 e. The summed E-state index contributed by atoms with van der Waals surface area (Å²) in [5.74, 6) is -4.43. The lowest BCUT2D eigenvalue weighted by Gasteiger charge is -2.28. The van der Waals surface area contributed by atoms with Gasteiger partial charge in [-0.1, -0.05) is 0 Å². The average molecular weight is 632 g/mol. The Morgan fingerprint density at radius 3 is 2.44 bits per heavy atom. The molecule has 43 heavy (non-hydrogen) atoms. The summed E-state index contributed by atoms with van der Waals surface area (Å²) in [5, 5.41) is 2.33. The van der Waals surface area contributed by atoms with Crippen LogP contribution >= 0.6 is 0 Å². The highest BCUT2D eigenvalue weighted by atomic mass is 32.2. The molecule has 4 rings (SSSR count). The Morgan fingerprint density at radius 2 is 1.84 bits per heavy atom. The Balaban J connectivity index is 1.76. The van der Waals surface area contributed by atoms with Gasteiger partial charge in [-0.15, -0.1) is 4.36 Å². The number of halogens is 5. The highest BCUT2D eigenvalue weighted by molar-refractivity contribution is 7.93. The summed E-state index contributed by atoms with van der Waals surface area (Å²) in [4.78, 5) is 35.6. The number of alkyl halides is 5. The zero-order valence-corrected chi connectivity index (χ0v) is 25.3. The Hall–Kier alpha value is -3.36. The molecule has 236 valence electrons. The van der Waals surface area contributed by atoms with E-state index in [2.05, 4.69) is 19.6 Å². The first-order chi connectivity index (χ1) is 19.8. The first kappa shape index (κ1) is 32.6. The maximum Gasteiger partial charge on any atom is 0.442 e. The second-order valence-electron chi connectivity index (χ2n) is 11.9. The van der Waals surface area contributed by atoms with Crippen LogP contribution in [0.5, 0.6) is 0 Å². The van der Waals surface area contributed by atoms with E-state index in [1.165, 1.54) is 30.2 Å². The number of pyridine rings is 2. The molecule has 0 aromatic carbocycles. The molecule has 2 aliphatic rings. The zero-order chi connectivity index (χ0) is 32.0. The fraction of sp³-hybridized carbons (Fsp3) is 0.571. The van der Waals surface area contributed by atoms with Gasteiger partial charge < -0.3 is 15.0 Å². The quantitative estimate of drug-likeness (QED) is 0.355. The molecule has 0 spiro atoms. The maximum absolute atomic E-state index is 14.3. The number of carbonyl (C=O) groups excluding carboxylic acids is 2. The molecule has 2 amide bonds. The molecule has 15 heteroatoms. The molecule has 1 saturated heterocycles. The number of hydrogen-bond donors (Lipinski definition) is 1. The number of nitrogens with one attached hydrogen (secondary N) is 1. The topological polar surface area (TPSA) is 114 Å². The number of carbonyl (C=O) groups is 2. The van der Waals surface area contributed by atoms with E-state index in [1.807, 2.05) is 0 Å². The van der Waals surface area contributed by atoms with Gasteiger partial charge in [0.1, 0.15) is 26.2 Å². The molecule has 1 atom stereocenters. The number of hydrogen-bond acceptors (Lipinski definition) is 7. The Bertz CT molecular complexity index is 1540. The second-order valence-corrected chi connectivity index (χ2v) is 14.1. The maximum atomic E-state index is 14.3. The molecular weight excluding hydrogens is 597 g/mol. The fourth-order valence-electron chi connectivity index (χ4n) is 4.85. The molecule has 3 heterocycles. The lowest BCUT2D eigenvalue weighted by molar-refractivity contribution is -0.139. The Morgan fingerprint density at radius 1 is 1.16 bits per heavy atom. The number of ether oxygens (including phenoxy) is 1. The number of rotatable bonds is 5. The van der Waals surface area contributed by atoms with E-state index in [0.29, 0.717) is 12.8 Å². The minimum Gasteiger partial charge on any atom is -0.442 e. The van der Waals surface area contributed by atoms with Crippen LogP contribution in [0, 0.1) is 6.92 Å². The molecule has 1 N–H and O–H groups in total. The van der Waals surface area contributed by atoms with Crippen LogP contribution in [0.15, 0.2) is 27.7 Å². The van der Waals surface area contributed by atoms with Gasteiger partial charge in [-0.25, -0.2) is 27.8 Å². The molecule has 1 saturated carbocycles. The van der Waals surface area contributed by atoms with Crippen molar-refractivity contribution in [2.24, 2.45) is 4.36 Å². The summed E-state index contributed by atoms with van der Waals surface area (Å²) in [6, 6.07) is 2.51. The molecule has 0 bridgehead atoms. The standard InChI is InChI=1S/C28H34F5N5O4S/c1-16-20(24(39)35-18-9-12-34-19(15-18)43(5,41)37-25(40)42-26(2,3)4)23(38-13-6-10-27(29,30)11-14-38)36-22(17-7-8-17)21(16)28(31,32)33/h9,12,15,17H,6-8,10-11,13-14H2,1-5H3,(H,34,35,39)/t43-/m0/s1. The van der Waals surface area contributed by atoms with E-state index in [0.717, 1.165) is 6.26 Å². The van der Waals surface area contributed by atoms with Crippen molar-refractivity contribution in [3.63, 3.8) is 0 Å². The van der Waals surface area contributed by atoms with Crippen LogP contribution in [-0.4, -0.2) is 57.0 Å². The Kier molecular flexibility index (Phi) is 8.80. The molecule has 0 radical (unpaired) electrons. The number of anilines is 2. The van der Waals surface area contributed by atoms with Gasteiger partial charge in [-0.2, -0.15) is 13.2 Å². The molecule has 0 unspecified atom stereocenters. The first-order valence-corrected chi connectivity index (χ1v) is 15.7. The number of aromatic nitrogens is 2. The molecule has 1 aliphatic carbocycles. The van der Waals surface area contributed by atoms with Crippen molar-refractivity contribution in [1.29, 1.82) is 0 Å². The molecule has 2 aromatic rings. The van der Waals surface area contributed by atoms with Crippen molar-refractivity contribution in [3.8, 4) is 0 Å².